The molecule has 1 saturated heterocycles. The van der Waals surface area contributed by atoms with Gasteiger partial charge in [-0.3, -0.25) is 0 Å². The van der Waals surface area contributed by atoms with Crippen molar-refractivity contribution in [2.75, 3.05) is 26.4 Å². The summed E-state index contributed by atoms with van der Waals surface area (Å²) in [5.41, 5.74) is -0.299. The first-order valence-electron chi connectivity index (χ1n) is 5.71. The third kappa shape index (κ3) is 3.22. The van der Waals surface area contributed by atoms with Crippen LogP contribution in [-0.2, 0) is 16.0 Å². The number of rotatable bonds is 4. The molecular formula is C12H14F3NO2. The zero-order chi connectivity index (χ0) is 13.0. The van der Waals surface area contributed by atoms with Crippen LogP contribution in [0.5, 0.6) is 0 Å². The normalized spacial score (nSPS) is 20.1. The smallest absolute Gasteiger partial charge is 0.166 e. The Bertz CT molecular complexity index is 409. The Hall–Kier alpha value is -1.11. The fourth-order valence-corrected chi connectivity index (χ4v) is 1.74. The number of benzene rings is 1. The molecule has 2 rings (SSSR count). The van der Waals surface area contributed by atoms with Gasteiger partial charge in [0.25, 0.3) is 0 Å². The van der Waals surface area contributed by atoms with Crippen molar-refractivity contribution in [2.24, 2.45) is 0 Å². The van der Waals surface area contributed by atoms with Gasteiger partial charge in [-0.05, 0) is 12.1 Å². The monoisotopic (exact) mass is 261 g/mol. The van der Waals surface area contributed by atoms with E-state index in [2.05, 4.69) is 5.32 Å². The zero-order valence-corrected chi connectivity index (χ0v) is 9.72. The van der Waals surface area contributed by atoms with Gasteiger partial charge >= 0.3 is 0 Å². The molecule has 1 heterocycles. The number of nitrogens with one attached hydrogen (secondary N) is 1. The Morgan fingerprint density at radius 1 is 1.17 bits per heavy atom. The fraction of sp³-hybridized carbons (Fsp3) is 0.500. The molecule has 18 heavy (non-hydrogen) atoms. The predicted molar refractivity (Wildman–Crippen MR) is 58.6 cm³/mol. The van der Waals surface area contributed by atoms with Crippen LogP contribution >= 0.6 is 0 Å². The lowest BCUT2D eigenvalue weighted by Gasteiger charge is -2.23. The summed E-state index contributed by atoms with van der Waals surface area (Å²) >= 11 is 0. The minimum atomic E-state index is -1.15. The van der Waals surface area contributed by atoms with Gasteiger partial charge in [-0.25, -0.2) is 13.2 Å². The molecule has 0 unspecified atom stereocenters. The SMILES string of the molecule is Fc1ccc(F)c(CNC[C@H]2COCCO2)c1F. The Labute approximate surface area is 103 Å². The number of halogens is 3. The van der Waals surface area contributed by atoms with Gasteiger partial charge in [0, 0.05) is 18.7 Å². The Kier molecular flexibility index (Phi) is 4.57. The molecule has 0 aliphatic carbocycles. The quantitative estimate of drug-likeness (QED) is 0.835. The van der Waals surface area contributed by atoms with E-state index in [1.165, 1.54) is 0 Å². The van der Waals surface area contributed by atoms with Crippen molar-refractivity contribution in [2.45, 2.75) is 12.6 Å². The molecule has 0 amide bonds. The van der Waals surface area contributed by atoms with E-state index in [1.54, 1.807) is 0 Å². The minimum Gasteiger partial charge on any atom is -0.376 e. The molecule has 0 bridgehead atoms. The average molecular weight is 261 g/mol. The molecule has 6 heteroatoms. The van der Waals surface area contributed by atoms with Crippen LogP contribution in [0, 0.1) is 17.5 Å². The molecule has 1 atom stereocenters. The van der Waals surface area contributed by atoms with Crippen LogP contribution in [0.1, 0.15) is 5.56 Å². The summed E-state index contributed by atoms with van der Waals surface area (Å²) in [4.78, 5) is 0. The molecule has 1 fully saturated rings. The topological polar surface area (TPSA) is 30.5 Å². The first-order chi connectivity index (χ1) is 8.68. The standard InChI is InChI=1S/C12H14F3NO2/c13-10-1-2-11(14)12(15)9(10)6-16-5-8-7-17-3-4-18-8/h1-2,8,16H,3-7H2/t8-/m0/s1. The maximum Gasteiger partial charge on any atom is 0.166 e. The van der Waals surface area contributed by atoms with E-state index in [1.807, 2.05) is 0 Å². The molecule has 1 aromatic rings. The van der Waals surface area contributed by atoms with Gasteiger partial charge in [0.15, 0.2) is 11.6 Å². The van der Waals surface area contributed by atoms with Gasteiger partial charge in [-0.2, -0.15) is 0 Å². The van der Waals surface area contributed by atoms with Crippen LogP contribution in [0.25, 0.3) is 0 Å². The summed E-state index contributed by atoms with van der Waals surface area (Å²) < 4.78 is 50.1. The van der Waals surface area contributed by atoms with Crippen molar-refractivity contribution in [1.29, 1.82) is 0 Å². The molecule has 1 aromatic carbocycles. The second kappa shape index (κ2) is 6.17. The van der Waals surface area contributed by atoms with Crippen molar-refractivity contribution in [3.05, 3.63) is 35.1 Å². The van der Waals surface area contributed by atoms with Gasteiger partial charge in [-0.15, -0.1) is 0 Å². The molecule has 100 valence electrons. The van der Waals surface area contributed by atoms with Crippen LogP contribution < -0.4 is 5.32 Å². The molecule has 1 N–H and O–H groups in total. The molecule has 1 aliphatic heterocycles. The molecule has 0 spiro atoms. The lowest BCUT2D eigenvalue weighted by molar-refractivity contribution is -0.0864. The highest BCUT2D eigenvalue weighted by Gasteiger charge is 2.16. The summed E-state index contributed by atoms with van der Waals surface area (Å²) in [5, 5.41) is 2.83. The van der Waals surface area contributed by atoms with Crippen molar-refractivity contribution in [3.63, 3.8) is 0 Å². The van der Waals surface area contributed by atoms with E-state index in [0.717, 1.165) is 12.1 Å². The lowest BCUT2D eigenvalue weighted by Crippen LogP contribution is -2.37. The minimum absolute atomic E-state index is 0.0880. The number of hydrogen-bond donors (Lipinski definition) is 1. The lowest BCUT2D eigenvalue weighted by atomic mass is 10.2. The zero-order valence-electron chi connectivity index (χ0n) is 9.72. The van der Waals surface area contributed by atoms with Crippen LogP contribution in [0.2, 0.25) is 0 Å². The number of hydrogen-bond acceptors (Lipinski definition) is 3. The first kappa shape index (κ1) is 13.3. The Morgan fingerprint density at radius 2 is 1.94 bits per heavy atom. The maximum atomic E-state index is 13.3. The highest BCUT2D eigenvalue weighted by Crippen LogP contribution is 2.15. The molecular weight excluding hydrogens is 247 g/mol. The Morgan fingerprint density at radius 3 is 2.67 bits per heavy atom. The predicted octanol–water partition coefficient (Wildman–Crippen LogP) is 1.61. The highest BCUT2D eigenvalue weighted by molar-refractivity contribution is 5.20. The van der Waals surface area contributed by atoms with Gasteiger partial charge in [-0.1, -0.05) is 0 Å². The van der Waals surface area contributed by atoms with Crippen molar-refractivity contribution in [1.82, 2.24) is 5.32 Å². The number of ether oxygens (including phenoxy) is 2. The summed E-state index contributed by atoms with van der Waals surface area (Å²) in [6.07, 6.45) is -0.140. The first-order valence-corrected chi connectivity index (χ1v) is 5.71. The van der Waals surface area contributed by atoms with Crippen LogP contribution in [-0.4, -0.2) is 32.5 Å². The summed E-state index contributed by atoms with van der Waals surface area (Å²) in [6.45, 7) is 1.82. The van der Waals surface area contributed by atoms with Gasteiger partial charge in [0.2, 0.25) is 0 Å². The molecule has 0 radical (unpaired) electrons. The van der Waals surface area contributed by atoms with Gasteiger partial charge in [0.1, 0.15) is 5.82 Å². The van der Waals surface area contributed by atoms with Gasteiger partial charge < -0.3 is 14.8 Å². The molecule has 1 aliphatic rings. The van der Waals surface area contributed by atoms with Crippen molar-refractivity contribution in [3.8, 4) is 0 Å². The maximum absolute atomic E-state index is 13.3. The summed E-state index contributed by atoms with van der Waals surface area (Å²) in [7, 11) is 0. The van der Waals surface area contributed by atoms with E-state index in [-0.39, 0.29) is 18.2 Å². The second-order valence-electron chi connectivity index (χ2n) is 4.02. The summed E-state index contributed by atoms with van der Waals surface area (Å²) in [5.74, 6) is -2.96. The third-order valence-corrected chi connectivity index (χ3v) is 2.70. The van der Waals surface area contributed by atoms with Crippen LogP contribution in [0.3, 0.4) is 0 Å². The van der Waals surface area contributed by atoms with E-state index in [9.17, 15) is 13.2 Å². The van der Waals surface area contributed by atoms with Gasteiger partial charge in [0.05, 0.1) is 25.9 Å². The van der Waals surface area contributed by atoms with E-state index in [0.29, 0.717) is 26.4 Å². The second-order valence-corrected chi connectivity index (χ2v) is 4.02. The highest BCUT2D eigenvalue weighted by atomic mass is 19.2. The van der Waals surface area contributed by atoms with E-state index < -0.39 is 17.5 Å². The molecule has 3 nitrogen and oxygen atoms in total. The van der Waals surface area contributed by atoms with Crippen LogP contribution in [0.15, 0.2) is 12.1 Å². The van der Waals surface area contributed by atoms with Crippen molar-refractivity contribution < 1.29 is 22.6 Å². The largest absolute Gasteiger partial charge is 0.376 e. The van der Waals surface area contributed by atoms with Crippen LogP contribution in [0.4, 0.5) is 13.2 Å². The third-order valence-electron chi connectivity index (χ3n) is 2.70. The summed E-state index contributed by atoms with van der Waals surface area (Å²) in [6, 6.07) is 1.68. The van der Waals surface area contributed by atoms with Crippen molar-refractivity contribution >= 4 is 0 Å². The fourth-order valence-electron chi connectivity index (χ4n) is 1.74. The molecule has 0 saturated carbocycles. The Balaban J connectivity index is 1.88. The van der Waals surface area contributed by atoms with E-state index >= 15 is 0 Å². The van der Waals surface area contributed by atoms with E-state index in [4.69, 9.17) is 9.47 Å². The molecule has 0 aromatic heterocycles. The average Bonchev–Trinajstić information content (AvgIpc) is 2.39.